The number of rotatable bonds is 5. The van der Waals surface area contributed by atoms with Gasteiger partial charge < -0.3 is 10.3 Å². The fraction of sp³-hybridized carbons (Fsp3) is 0.800. The highest BCUT2D eigenvalue weighted by Gasteiger charge is 2.19. The highest BCUT2D eigenvalue weighted by atomic mass is 16.5. The highest BCUT2D eigenvalue weighted by molar-refractivity contribution is 4.85. The van der Waals surface area contributed by atoms with Gasteiger partial charge in [-0.1, -0.05) is 11.6 Å². The van der Waals surface area contributed by atoms with E-state index in [1.807, 2.05) is 0 Å². The molecule has 1 fully saturated rings. The largest absolute Gasteiger partial charge is 0.338 e. The van der Waals surface area contributed by atoms with Gasteiger partial charge in [-0.2, -0.15) is 4.98 Å². The van der Waals surface area contributed by atoms with Crippen molar-refractivity contribution >= 4 is 0 Å². The smallest absolute Gasteiger partial charge is 0.240 e. The molecule has 5 heteroatoms. The molecule has 0 amide bonds. The van der Waals surface area contributed by atoms with E-state index in [1.165, 1.54) is 19.3 Å². The summed E-state index contributed by atoms with van der Waals surface area (Å²) in [4.78, 5) is 6.42. The van der Waals surface area contributed by atoms with Crippen LogP contribution in [0.25, 0.3) is 0 Å². The van der Waals surface area contributed by atoms with Crippen molar-refractivity contribution in [3.8, 4) is 0 Å². The molecule has 15 heavy (non-hydrogen) atoms. The minimum Gasteiger partial charge on any atom is -0.338 e. The molecular weight excluding hydrogens is 192 g/mol. The summed E-state index contributed by atoms with van der Waals surface area (Å²) in [6.45, 7) is 2.20. The molecule has 1 aliphatic rings. The maximum atomic E-state index is 5.40. The topological polar surface area (TPSA) is 68.2 Å². The summed E-state index contributed by atoms with van der Waals surface area (Å²) in [5.41, 5.74) is 5.40. The lowest BCUT2D eigenvalue weighted by atomic mass is 9.85. The van der Waals surface area contributed by atoms with E-state index in [4.69, 9.17) is 10.3 Å². The zero-order valence-corrected chi connectivity index (χ0v) is 9.15. The molecule has 0 aliphatic heterocycles. The van der Waals surface area contributed by atoms with E-state index in [-0.39, 0.29) is 0 Å². The van der Waals surface area contributed by atoms with E-state index in [2.05, 4.69) is 22.1 Å². The monoisotopic (exact) mass is 210 g/mol. The summed E-state index contributed by atoms with van der Waals surface area (Å²) in [7, 11) is 2.09. The van der Waals surface area contributed by atoms with E-state index in [9.17, 15) is 0 Å². The van der Waals surface area contributed by atoms with Gasteiger partial charge in [0, 0.05) is 6.54 Å². The Labute approximate surface area is 89.6 Å². The van der Waals surface area contributed by atoms with Gasteiger partial charge in [-0.15, -0.1) is 0 Å². The van der Waals surface area contributed by atoms with Gasteiger partial charge in [-0.3, -0.25) is 4.90 Å². The normalized spacial score (nSPS) is 17.0. The van der Waals surface area contributed by atoms with E-state index < -0.39 is 0 Å². The highest BCUT2D eigenvalue weighted by Crippen LogP contribution is 2.26. The second kappa shape index (κ2) is 4.72. The molecule has 0 unspecified atom stereocenters. The van der Waals surface area contributed by atoms with Crippen molar-refractivity contribution in [1.82, 2.24) is 15.0 Å². The SMILES string of the molecule is CN(Cc1noc(CN)n1)CC1CCC1. The average molecular weight is 210 g/mol. The van der Waals surface area contributed by atoms with Gasteiger partial charge in [0.05, 0.1) is 13.1 Å². The number of hydrogen-bond donors (Lipinski definition) is 1. The predicted molar refractivity (Wildman–Crippen MR) is 55.9 cm³/mol. The van der Waals surface area contributed by atoms with Crippen molar-refractivity contribution < 1.29 is 4.52 Å². The summed E-state index contributed by atoms with van der Waals surface area (Å²) in [5.74, 6) is 2.12. The third-order valence-corrected chi connectivity index (χ3v) is 2.89. The van der Waals surface area contributed by atoms with Crippen LogP contribution in [0.2, 0.25) is 0 Å². The van der Waals surface area contributed by atoms with Gasteiger partial charge in [0.1, 0.15) is 0 Å². The molecular formula is C10H18N4O. The first-order valence-electron chi connectivity index (χ1n) is 5.48. The van der Waals surface area contributed by atoms with Crippen LogP contribution in [0, 0.1) is 5.92 Å². The zero-order valence-electron chi connectivity index (χ0n) is 9.15. The van der Waals surface area contributed by atoms with Crippen molar-refractivity contribution in [2.24, 2.45) is 11.7 Å². The molecule has 5 nitrogen and oxygen atoms in total. The quantitative estimate of drug-likeness (QED) is 0.777. The second-order valence-electron chi connectivity index (χ2n) is 4.30. The van der Waals surface area contributed by atoms with Crippen LogP contribution in [-0.4, -0.2) is 28.6 Å². The van der Waals surface area contributed by atoms with Crippen LogP contribution in [0.4, 0.5) is 0 Å². The van der Waals surface area contributed by atoms with E-state index in [0.29, 0.717) is 12.4 Å². The summed E-state index contributed by atoms with van der Waals surface area (Å²) in [6.07, 6.45) is 4.12. The Hall–Kier alpha value is -0.940. The predicted octanol–water partition coefficient (Wildman–Crippen LogP) is 0.760. The number of aromatic nitrogens is 2. The Bertz CT molecular complexity index is 308. The van der Waals surface area contributed by atoms with Crippen LogP contribution in [0.3, 0.4) is 0 Å². The molecule has 0 aromatic carbocycles. The van der Waals surface area contributed by atoms with Gasteiger partial charge in [-0.05, 0) is 25.8 Å². The first-order chi connectivity index (χ1) is 7.28. The van der Waals surface area contributed by atoms with Gasteiger partial charge in [0.15, 0.2) is 5.82 Å². The molecule has 1 saturated carbocycles. The van der Waals surface area contributed by atoms with E-state index in [0.717, 1.165) is 24.8 Å². The van der Waals surface area contributed by atoms with Crippen LogP contribution in [-0.2, 0) is 13.1 Å². The molecule has 0 spiro atoms. The Kier molecular flexibility index (Phi) is 3.33. The Morgan fingerprint density at radius 2 is 2.33 bits per heavy atom. The van der Waals surface area contributed by atoms with Crippen molar-refractivity contribution in [2.45, 2.75) is 32.4 Å². The van der Waals surface area contributed by atoms with Crippen LogP contribution in [0.5, 0.6) is 0 Å². The maximum absolute atomic E-state index is 5.40. The zero-order chi connectivity index (χ0) is 10.7. The summed E-state index contributed by atoms with van der Waals surface area (Å²) in [6, 6.07) is 0. The lowest BCUT2D eigenvalue weighted by molar-refractivity contribution is 0.196. The lowest BCUT2D eigenvalue weighted by Gasteiger charge is -2.29. The fourth-order valence-corrected chi connectivity index (χ4v) is 1.86. The average Bonchev–Trinajstić information content (AvgIpc) is 2.59. The third-order valence-electron chi connectivity index (χ3n) is 2.89. The molecule has 1 aromatic rings. The lowest BCUT2D eigenvalue weighted by Crippen LogP contribution is -2.29. The Balaban J connectivity index is 1.79. The molecule has 1 aliphatic carbocycles. The molecule has 0 bridgehead atoms. The summed E-state index contributed by atoms with van der Waals surface area (Å²) < 4.78 is 4.95. The van der Waals surface area contributed by atoms with Gasteiger partial charge in [-0.25, -0.2) is 0 Å². The van der Waals surface area contributed by atoms with E-state index in [1.54, 1.807) is 0 Å². The first kappa shape index (κ1) is 10.6. The Morgan fingerprint density at radius 1 is 1.53 bits per heavy atom. The third kappa shape index (κ3) is 2.76. The molecule has 84 valence electrons. The molecule has 0 saturated heterocycles. The molecule has 1 heterocycles. The van der Waals surface area contributed by atoms with Crippen LogP contribution in [0.1, 0.15) is 31.0 Å². The maximum Gasteiger partial charge on any atom is 0.240 e. The van der Waals surface area contributed by atoms with Crippen LogP contribution in [0.15, 0.2) is 4.52 Å². The van der Waals surface area contributed by atoms with Crippen molar-refractivity contribution in [3.05, 3.63) is 11.7 Å². The number of nitrogens with two attached hydrogens (primary N) is 1. The van der Waals surface area contributed by atoms with Gasteiger partial charge >= 0.3 is 0 Å². The minimum absolute atomic E-state index is 0.319. The molecule has 2 rings (SSSR count). The molecule has 0 atom stereocenters. The van der Waals surface area contributed by atoms with Crippen molar-refractivity contribution in [1.29, 1.82) is 0 Å². The van der Waals surface area contributed by atoms with Gasteiger partial charge in [0.2, 0.25) is 5.89 Å². The van der Waals surface area contributed by atoms with Crippen molar-refractivity contribution in [2.75, 3.05) is 13.6 Å². The summed E-state index contributed by atoms with van der Waals surface area (Å²) >= 11 is 0. The standard InChI is InChI=1S/C10H18N4O/c1-14(6-8-3-2-4-8)7-9-12-10(5-11)15-13-9/h8H,2-7,11H2,1H3. The molecule has 1 aromatic heterocycles. The first-order valence-corrected chi connectivity index (χ1v) is 5.48. The molecule has 0 radical (unpaired) electrons. The van der Waals surface area contributed by atoms with Gasteiger partial charge in [0.25, 0.3) is 0 Å². The fourth-order valence-electron chi connectivity index (χ4n) is 1.86. The second-order valence-corrected chi connectivity index (χ2v) is 4.30. The number of nitrogens with zero attached hydrogens (tertiary/aromatic N) is 3. The van der Waals surface area contributed by atoms with Crippen molar-refractivity contribution in [3.63, 3.8) is 0 Å². The Morgan fingerprint density at radius 3 is 2.87 bits per heavy atom. The van der Waals surface area contributed by atoms with Crippen LogP contribution < -0.4 is 5.73 Å². The van der Waals surface area contributed by atoms with Crippen LogP contribution >= 0.6 is 0 Å². The van der Waals surface area contributed by atoms with E-state index >= 15 is 0 Å². The minimum atomic E-state index is 0.319. The molecule has 2 N–H and O–H groups in total. The summed E-state index contributed by atoms with van der Waals surface area (Å²) in [5, 5.41) is 3.87. The number of hydrogen-bond acceptors (Lipinski definition) is 5.